The van der Waals surface area contributed by atoms with E-state index in [1.165, 1.54) is 0 Å². The van der Waals surface area contributed by atoms with E-state index in [-0.39, 0.29) is 48.5 Å². The normalized spacial score (nSPS) is 21.9. The predicted octanol–water partition coefficient (Wildman–Crippen LogP) is -0.0653. The van der Waals surface area contributed by atoms with Crippen LogP contribution in [-0.4, -0.2) is 68.9 Å². The van der Waals surface area contributed by atoms with E-state index in [1.807, 2.05) is 39.1 Å². The van der Waals surface area contributed by atoms with Gasteiger partial charge in [-0.25, -0.2) is 8.42 Å². The molecule has 0 aromatic heterocycles. The molecule has 0 radical (unpaired) electrons. The van der Waals surface area contributed by atoms with Gasteiger partial charge in [-0.15, -0.1) is 0 Å². The average Bonchev–Trinajstić information content (AvgIpc) is 3.35. The van der Waals surface area contributed by atoms with E-state index in [9.17, 15) is 18.0 Å². The Bertz CT molecular complexity index is 864. The summed E-state index contributed by atoms with van der Waals surface area (Å²) in [5.74, 6) is 0.0401. The summed E-state index contributed by atoms with van der Waals surface area (Å²) in [4.78, 5) is 27.8. The minimum absolute atomic E-state index is 0.0540. The van der Waals surface area contributed by atoms with Crippen LogP contribution in [0.4, 0.5) is 5.69 Å². The lowest BCUT2D eigenvalue weighted by atomic mass is 10.1. The van der Waals surface area contributed by atoms with Gasteiger partial charge >= 0.3 is 0 Å². The van der Waals surface area contributed by atoms with Gasteiger partial charge in [-0.3, -0.25) is 9.59 Å². The monoisotopic (exact) mass is 408 g/mol. The van der Waals surface area contributed by atoms with E-state index in [2.05, 4.69) is 5.32 Å². The summed E-state index contributed by atoms with van der Waals surface area (Å²) in [5.41, 5.74) is 2.94. The first-order chi connectivity index (χ1) is 13.2. The molecule has 1 heterocycles. The van der Waals surface area contributed by atoms with Gasteiger partial charge in [0, 0.05) is 17.8 Å². The highest BCUT2D eigenvalue weighted by Gasteiger charge is 2.42. The van der Waals surface area contributed by atoms with E-state index in [1.54, 1.807) is 4.90 Å². The van der Waals surface area contributed by atoms with Crippen LogP contribution in [0, 0.1) is 13.8 Å². The number of likely N-dealkylation sites (N-methyl/N-ethyl adjacent to an activating group) is 1. The number of hydrogen-bond donors (Lipinski definition) is 2. The third-order valence-corrected chi connectivity index (χ3v) is 7.37. The minimum atomic E-state index is -3.03. The number of nitrogens with one attached hydrogen (secondary N) is 2. The van der Waals surface area contributed by atoms with E-state index < -0.39 is 9.84 Å². The van der Waals surface area contributed by atoms with Crippen LogP contribution in [-0.2, 0) is 19.4 Å². The second-order valence-corrected chi connectivity index (χ2v) is 10.4. The molecule has 2 fully saturated rings. The van der Waals surface area contributed by atoms with Crippen LogP contribution in [0.15, 0.2) is 18.2 Å². The van der Waals surface area contributed by atoms with E-state index in [0.29, 0.717) is 6.42 Å². The lowest BCUT2D eigenvalue weighted by Gasteiger charge is -2.29. The first-order valence-corrected chi connectivity index (χ1v) is 11.7. The van der Waals surface area contributed by atoms with Gasteiger partial charge in [-0.05, 0) is 50.3 Å². The standard InChI is InChI=1S/C20H29N3O4S/c1-14-5-4-6-18(15(14)2)21-19(24)11-22(3)12-20(25)23(16-7-8-16)17-9-10-28(26,27)13-17/h4-6,16-17H,7-13H2,1-3H3,(H,21,24)/p+1/t17-/m0/s1. The summed E-state index contributed by atoms with van der Waals surface area (Å²) in [6.45, 7) is 4.33. The maximum absolute atomic E-state index is 12.9. The van der Waals surface area contributed by atoms with Gasteiger partial charge in [0.25, 0.3) is 11.8 Å². The Hall–Kier alpha value is -1.93. The van der Waals surface area contributed by atoms with Crippen molar-refractivity contribution >= 4 is 27.3 Å². The molecule has 2 atom stereocenters. The third kappa shape index (κ3) is 5.11. The second-order valence-electron chi connectivity index (χ2n) is 8.20. The van der Waals surface area contributed by atoms with Gasteiger partial charge < -0.3 is 15.1 Å². The Morgan fingerprint density at radius 2 is 1.86 bits per heavy atom. The Morgan fingerprint density at radius 3 is 2.46 bits per heavy atom. The zero-order valence-corrected chi connectivity index (χ0v) is 17.6. The van der Waals surface area contributed by atoms with Crippen molar-refractivity contribution in [2.45, 2.75) is 45.2 Å². The molecule has 0 bridgehead atoms. The third-order valence-electron chi connectivity index (χ3n) is 5.62. The molecule has 1 saturated heterocycles. The number of sulfone groups is 1. The maximum atomic E-state index is 12.9. The van der Waals surface area contributed by atoms with Crippen LogP contribution in [0.2, 0.25) is 0 Å². The zero-order valence-electron chi connectivity index (χ0n) is 16.8. The quantitative estimate of drug-likeness (QED) is 0.661. The van der Waals surface area contributed by atoms with Crippen LogP contribution in [0.3, 0.4) is 0 Å². The molecule has 28 heavy (non-hydrogen) atoms. The number of benzene rings is 1. The second kappa shape index (κ2) is 8.21. The highest BCUT2D eigenvalue weighted by Crippen LogP contribution is 2.32. The number of carbonyl (C=O) groups is 2. The Morgan fingerprint density at radius 1 is 1.14 bits per heavy atom. The Kier molecular flexibility index (Phi) is 6.09. The summed E-state index contributed by atoms with van der Waals surface area (Å²) >= 11 is 0. The number of anilines is 1. The molecular formula is C20H30N3O4S+. The fraction of sp³-hybridized carbons (Fsp3) is 0.600. The number of carbonyl (C=O) groups excluding carboxylic acids is 2. The summed E-state index contributed by atoms with van der Waals surface area (Å²) < 4.78 is 23.6. The molecule has 1 aromatic carbocycles. The van der Waals surface area contributed by atoms with Gasteiger partial charge in [0.1, 0.15) is 0 Å². The predicted molar refractivity (Wildman–Crippen MR) is 108 cm³/mol. The van der Waals surface area contributed by atoms with Crippen LogP contribution in [0.25, 0.3) is 0 Å². The largest absolute Gasteiger partial charge is 0.331 e. The summed E-state index contributed by atoms with van der Waals surface area (Å²) in [5, 5.41) is 2.92. The fourth-order valence-electron chi connectivity index (χ4n) is 3.82. The number of aryl methyl sites for hydroxylation is 1. The molecule has 2 aliphatic rings. The maximum Gasteiger partial charge on any atom is 0.279 e. The average molecular weight is 409 g/mol. The molecule has 7 nitrogen and oxygen atoms in total. The molecule has 1 aliphatic carbocycles. The first-order valence-electron chi connectivity index (χ1n) is 9.85. The first kappa shape index (κ1) is 20.8. The van der Waals surface area contributed by atoms with Crippen molar-refractivity contribution in [1.82, 2.24) is 4.90 Å². The molecule has 1 saturated carbocycles. The zero-order chi connectivity index (χ0) is 20.5. The minimum Gasteiger partial charge on any atom is -0.331 e. The molecule has 3 rings (SSSR count). The summed E-state index contributed by atoms with van der Waals surface area (Å²) in [6.07, 6.45) is 2.40. The highest BCUT2D eigenvalue weighted by molar-refractivity contribution is 7.91. The van der Waals surface area contributed by atoms with Crippen molar-refractivity contribution in [3.05, 3.63) is 29.3 Å². The van der Waals surface area contributed by atoms with Crippen molar-refractivity contribution < 1.29 is 22.9 Å². The van der Waals surface area contributed by atoms with Crippen molar-refractivity contribution in [1.29, 1.82) is 0 Å². The van der Waals surface area contributed by atoms with Crippen molar-refractivity contribution in [3.63, 3.8) is 0 Å². The molecule has 8 heteroatoms. The van der Waals surface area contributed by atoms with Crippen LogP contribution >= 0.6 is 0 Å². The van der Waals surface area contributed by atoms with E-state index in [4.69, 9.17) is 0 Å². The molecule has 1 aromatic rings. The van der Waals surface area contributed by atoms with Gasteiger partial charge in [0.2, 0.25) is 0 Å². The molecule has 154 valence electrons. The number of amides is 2. The number of quaternary nitrogens is 1. The van der Waals surface area contributed by atoms with Gasteiger partial charge in [0.05, 0.1) is 18.6 Å². The van der Waals surface area contributed by atoms with Gasteiger partial charge in [-0.1, -0.05) is 12.1 Å². The molecule has 1 unspecified atom stereocenters. The lowest BCUT2D eigenvalue weighted by Crippen LogP contribution is -3.11. The fourth-order valence-corrected chi connectivity index (χ4v) is 5.53. The lowest BCUT2D eigenvalue weighted by molar-refractivity contribution is -0.862. The van der Waals surface area contributed by atoms with Crippen molar-refractivity contribution in [2.24, 2.45) is 0 Å². The number of nitrogens with zero attached hydrogens (tertiary/aromatic N) is 1. The highest BCUT2D eigenvalue weighted by atomic mass is 32.2. The van der Waals surface area contributed by atoms with E-state index in [0.717, 1.165) is 34.6 Å². The summed E-state index contributed by atoms with van der Waals surface area (Å²) in [7, 11) is -1.22. The van der Waals surface area contributed by atoms with Crippen LogP contribution < -0.4 is 10.2 Å². The Labute approximate surface area is 167 Å². The number of hydrogen-bond acceptors (Lipinski definition) is 4. The van der Waals surface area contributed by atoms with Gasteiger partial charge in [0.15, 0.2) is 22.9 Å². The van der Waals surface area contributed by atoms with Gasteiger partial charge in [-0.2, -0.15) is 0 Å². The van der Waals surface area contributed by atoms with Crippen molar-refractivity contribution in [2.75, 3.05) is 37.0 Å². The van der Waals surface area contributed by atoms with Crippen molar-refractivity contribution in [3.8, 4) is 0 Å². The molecule has 2 N–H and O–H groups in total. The molecule has 0 spiro atoms. The SMILES string of the molecule is Cc1cccc(NC(=O)C[NH+](C)CC(=O)N(C2CC2)[C@H]2CCS(=O)(=O)C2)c1C. The smallest absolute Gasteiger partial charge is 0.279 e. The van der Waals surface area contributed by atoms with Crippen LogP contribution in [0.5, 0.6) is 0 Å². The molecular weight excluding hydrogens is 378 g/mol. The molecule has 2 amide bonds. The van der Waals surface area contributed by atoms with E-state index >= 15 is 0 Å². The van der Waals surface area contributed by atoms with Crippen LogP contribution in [0.1, 0.15) is 30.4 Å². The number of rotatable bonds is 7. The topological polar surface area (TPSA) is 88.0 Å². The Balaban J connectivity index is 1.55. The summed E-state index contributed by atoms with van der Waals surface area (Å²) in [6, 6.07) is 5.73. The molecule has 1 aliphatic heterocycles.